The smallest absolute Gasteiger partial charge is 0.100 e. The lowest BCUT2D eigenvalue weighted by atomic mass is 10.3. The second kappa shape index (κ2) is 4.06. The maximum absolute atomic E-state index is 6.20. The summed E-state index contributed by atoms with van der Waals surface area (Å²) in [5.74, 6) is 0. The van der Waals surface area contributed by atoms with E-state index < -0.39 is 0 Å². The quantitative estimate of drug-likeness (QED) is 0.638. The Labute approximate surface area is 108 Å². The van der Waals surface area contributed by atoms with Crippen LogP contribution in [0.5, 0.6) is 0 Å². The summed E-state index contributed by atoms with van der Waals surface area (Å²) in [6.45, 7) is 0. The molecular weight excluding hydrogens is 255 g/mol. The van der Waals surface area contributed by atoms with Crippen LogP contribution in [0.3, 0.4) is 0 Å². The van der Waals surface area contributed by atoms with Crippen molar-refractivity contribution in [1.29, 1.82) is 0 Å². The molecule has 0 saturated carbocycles. The first-order valence-electron chi connectivity index (χ1n) is 5.14. The number of benzene rings is 2. The van der Waals surface area contributed by atoms with E-state index in [1.54, 1.807) is 12.4 Å². The van der Waals surface area contributed by atoms with Crippen LogP contribution in [0, 0.1) is 0 Å². The zero-order chi connectivity index (χ0) is 11.8. The number of fused-ring (bicyclic) bond motifs is 1. The lowest BCUT2D eigenvalue weighted by Crippen LogP contribution is -1.93. The van der Waals surface area contributed by atoms with E-state index in [-0.39, 0.29) is 0 Å². The summed E-state index contributed by atoms with van der Waals surface area (Å²) in [7, 11) is 0. The Bertz CT molecular complexity index is 689. The second-order valence-electron chi connectivity index (χ2n) is 3.68. The van der Waals surface area contributed by atoms with Crippen LogP contribution in [0.1, 0.15) is 0 Å². The van der Waals surface area contributed by atoms with Crippen LogP contribution >= 0.6 is 23.2 Å². The van der Waals surface area contributed by atoms with Crippen LogP contribution in [0.2, 0.25) is 10.0 Å². The first-order valence-corrected chi connectivity index (χ1v) is 5.89. The standard InChI is InChI=1S/C13H8Cl2N2/c14-9-4-3-7-12(13(9)15)17-8-16-10-5-1-2-6-11(10)17/h1-8H. The maximum Gasteiger partial charge on any atom is 0.100 e. The van der Waals surface area contributed by atoms with Crippen LogP contribution in [0.4, 0.5) is 0 Å². The van der Waals surface area contributed by atoms with Crippen molar-refractivity contribution >= 4 is 34.2 Å². The molecule has 1 aromatic heterocycles. The zero-order valence-electron chi connectivity index (χ0n) is 8.77. The SMILES string of the molecule is Clc1cccc(-n2cnc3ccccc32)c1Cl. The highest BCUT2D eigenvalue weighted by atomic mass is 35.5. The van der Waals surface area contributed by atoms with Crippen molar-refractivity contribution in [3.05, 3.63) is 58.8 Å². The molecule has 0 atom stereocenters. The van der Waals surface area contributed by atoms with E-state index in [2.05, 4.69) is 4.98 Å². The molecule has 0 aliphatic carbocycles. The van der Waals surface area contributed by atoms with Gasteiger partial charge in [0.05, 0.1) is 26.8 Å². The number of hydrogen-bond acceptors (Lipinski definition) is 1. The molecule has 3 rings (SSSR count). The molecule has 2 nitrogen and oxygen atoms in total. The Balaban J connectivity index is 2.31. The molecule has 0 fully saturated rings. The Morgan fingerprint density at radius 1 is 0.941 bits per heavy atom. The summed E-state index contributed by atoms with van der Waals surface area (Å²) in [5, 5.41) is 1.08. The monoisotopic (exact) mass is 262 g/mol. The highest BCUT2D eigenvalue weighted by molar-refractivity contribution is 6.43. The summed E-state index contributed by atoms with van der Waals surface area (Å²) in [5.41, 5.74) is 2.79. The topological polar surface area (TPSA) is 17.8 Å². The predicted octanol–water partition coefficient (Wildman–Crippen LogP) is 4.33. The Morgan fingerprint density at radius 3 is 2.65 bits per heavy atom. The van der Waals surface area contributed by atoms with Crippen molar-refractivity contribution in [2.75, 3.05) is 0 Å². The first-order chi connectivity index (χ1) is 8.27. The number of hydrogen-bond donors (Lipinski definition) is 0. The predicted molar refractivity (Wildman–Crippen MR) is 71.1 cm³/mol. The van der Waals surface area contributed by atoms with Gasteiger partial charge in [-0.15, -0.1) is 0 Å². The number of nitrogens with zero attached hydrogens (tertiary/aromatic N) is 2. The van der Waals surface area contributed by atoms with E-state index in [0.29, 0.717) is 10.0 Å². The fourth-order valence-corrected chi connectivity index (χ4v) is 2.22. The van der Waals surface area contributed by atoms with Crippen LogP contribution in [-0.4, -0.2) is 9.55 Å². The zero-order valence-corrected chi connectivity index (χ0v) is 10.3. The minimum atomic E-state index is 0.539. The van der Waals surface area contributed by atoms with Gasteiger partial charge in [-0.1, -0.05) is 41.4 Å². The molecule has 0 spiro atoms. The number of imidazole rings is 1. The summed E-state index contributed by atoms with van der Waals surface area (Å²) in [4.78, 5) is 4.33. The van der Waals surface area contributed by atoms with Crippen molar-refractivity contribution in [2.45, 2.75) is 0 Å². The van der Waals surface area contributed by atoms with Gasteiger partial charge in [-0.3, -0.25) is 4.57 Å². The van der Waals surface area contributed by atoms with E-state index in [1.807, 2.05) is 41.0 Å². The fraction of sp³-hybridized carbons (Fsp3) is 0. The van der Waals surface area contributed by atoms with E-state index >= 15 is 0 Å². The molecule has 0 aliphatic heterocycles. The van der Waals surface area contributed by atoms with Crippen LogP contribution in [-0.2, 0) is 0 Å². The molecule has 0 unspecified atom stereocenters. The molecule has 3 aromatic rings. The highest BCUT2D eigenvalue weighted by Gasteiger charge is 2.09. The van der Waals surface area contributed by atoms with Gasteiger partial charge >= 0.3 is 0 Å². The summed E-state index contributed by atoms with van der Waals surface area (Å²) >= 11 is 12.2. The molecule has 0 radical (unpaired) electrons. The lowest BCUT2D eigenvalue weighted by molar-refractivity contribution is 1.09. The van der Waals surface area contributed by atoms with Gasteiger partial charge in [0.1, 0.15) is 6.33 Å². The van der Waals surface area contributed by atoms with Gasteiger partial charge in [-0.2, -0.15) is 0 Å². The molecular formula is C13H8Cl2N2. The number of rotatable bonds is 1. The Morgan fingerprint density at radius 2 is 1.76 bits per heavy atom. The van der Waals surface area contributed by atoms with Crippen molar-refractivity contribution < 1.29 is 0 Å². The largest absolute Gasteiger partial charge is 0.297 e. The van der Waals surface area contributed by atoms with E-state index in [0.717, 1.165) is 16.7 Å². The van der Waals surface area contributed by atoms with Crippen LogP contribution in [0.25, 0.3) is 16.7 Å². The number of halogens is 2. The molecule has 4 heteroatoms. The van der Waals surface area contributed by atoms with Gasteiger partial charge in [0.15, 0.2) is 0 Å². The Hall–Kier alpha value is -1.51. The molecule has 0 amide bonds. The van der Waals surface area contributed by atoms with E-state index in [1.165, 1.54) is 0 Å². The van der Waals surface area contributed by atoms with Gasteiger partial charge < -0.3 is 0 Å². The minimum Gasteiger partial charge on any atom is -0.297 e. The molecule has 84 valence electrons. The number of aromatic nitrogens is 2. The molecule has 0 N–H and O–H groups in total. The van der Waals surface area contributed by atoms with Gasteiger partial charge in [-0.25, -0.2) is 4.98 Å². The maximum atomic E-state index is 6.20. The third kappa shape index (κ3) is 1.70. The van der Waals surface area contributed by atoms with Crippen molar-refractivity contribution in [3.8, 4) is 5.69 Å². The molecule has 0 saturated heterocycles. The lowest BCUT2D eigenvalue weighted by Gasteiger charge is -2.07. The molecule has 0 aliphatic rings. The van der Waals surface area contributed by atoms with Gasteiger partial charge in [0.25, 0.3) is 0 Å². The fourth-order valence-electron chi connectivity index (χ4n) is 1.83. The third-order valence-corrected chi connectivity index (χ3v) is 3.45. The van der Waals surface area contributed by atoms with Crippen molar-refractivity contribution in [1.82, 2.24) is 9.55 Å². The normalized spacial score (nSPS) is 10.9. The van der Waals surface area contributed by atoms with Gasteiger partial charge in [0, 0.05) is 0 Å². The van der Waals surface area contributed by atoms with E-state index in [4.69, 9.17) is 23.2 Å². The van der Waals surface area contributed by atoms with Crippen molar-refractivity contribution in [3.63, 3.8) is 0 Å². The minimum absolute atomic E-state index is 0.539. The average Bonchev–Trinajstić information content (AvgIpc) is 2.77. The van der Waals surface area contributed by atoms with Crippen molar-refractivity contribution in [2.24, 2.45) is 0 Å². The van der Waals surface area contributed by atoms with Gasteiger partial charge in [-0.05, 0) is 24.3 Å². The summed E-state index contributed by atoms with van der Waals surface area (Å²) < 4.78 is 1.93. The van der Waals surface area contributed by atoms with Crippen LogP contribution in [0.15, 0.2) is 48.8 Å². The second-order valence-corrected chi connectivity index (χ2v) is 4.46. The molecule has 2 aromatic carbocycles. The summed E-state index contributed by atoms with van der Waals surface area (Å²) in [6.07, 6.45) is 1.75. The Kier molecular flexibility index (Phi) is 2.54. The summed E-state index contributed by atoms with van der Waals surface area (Å²) in [6, 6.07) is 13.5. The molecule has 1 heterocycles. The van der Waals surface area contributed by atoms with E-state index in [9.17, 15) is 0 Å². The van der Waals surface area contributed by atoms with Crippen LogP contribution < -0.4 is 0 Å². The van der Waals surface area contributed by atoms with Gasteiger partial charge in [0.2, 0.25) is 0 Å². The number of para-hydroxylation sites is 2. The average molecular weight is 263 g/mol. The first kappa shape index (κ1) is 10.6. The third-order valence-electron chi connectivity index (χ3n) is 2.64. The highest BCUT2D eigenvalue weighted by Crippen LogP contribution is 2.30. The molecule has 0 bridgehead atoms. The molecule has 17 heavy (non-hydrogen) atoms.